The molecule has 0 aliphatic carbocycles. The summed E-state index contributed by atoms with van der Waals surface area (Å²) < 4.78 is 0. The summed E-state index contributed by atoms with van der Waals surface area (Å²) in [4.78, 5) is 16.3. The molecule has 0 saturated heterocycles. The molecule has 0 bridgehead atoms. The molecule has 122 valence electrons. The quantitative estimate of drug-likeness (QED) is 0.478. The van der Waals surface area contributed by atoms with Gasteiger partial charge in [0.15, 0.2) is 5.78 Å². The van der Waals surface area contributed by atoms with Crippen LogP contribution >= 0.6 is 0 Å². The van der Waals surface area contributed by atoms with E-state index < -0.39 is 0 Å². The Balaban J connectivity index is 1.73. The van der Waals surface area contributed by atoms with E-state index in [-0.39, 0.29) is 11.7 Å². The fourth-order valence-electron chi connectivity index (χ4n) is 3.30. The van der Waals surface area contributed by atoms with E-state index in [4.69, 9.17) is 0 Å². The lowest BCUT2D eigenvalue weighted by Crippen LogP contribution is -2.09. The van der Waals surface area contributed by atoms with E-state index in [1.165, 1.54) is 5.39 Å². The number of benzene rings is 3. The zero-order valence-corrected chi connectivity index (χ0v) is 13.9. The number of H-pyrrole nitrogens is 1. The van der Waals surface area contributed by atoms with Crippen molar-refractivity contribution >= 4 is 16.7 Å². The van der Waals surface area contributed by atoms with Crippen LogP contribution in [0.1, 0.15) is 34.0 Å². The molecule has 0 aliphatic heterocycles. The summed E-state index contributed by atoms with van der Waals surface area (Å²) in [6.07, 6.45) is 0.445. The van der Waals surface area contributed by atoms with Crippen LogP contribution in [0, 0.1) is 0 Å². The lowest BCUT2D eigenvalue weighted by atomic mass is 9.89. The van der Waals surface area contributed by atoms with Crippen LogP contribution in [0.5, 0.6) is 0 Å². The van der Waals surface area contributed by atoms with Crippen LogP contribution in [-0.2, 0) is 0 Å². The molecule has 0 spiro atoms. The zero-order chi connectivity index (χ0) is 17.1. The first-order valence-corrected chi connectivity index (χ1v) is 8.52. The summed E-state index contributed by atoms with van der Waals surface area (Å²) in [6.45, 7) is 0. The average Bonchev–Trinajstić information content (AvgIpc) is 3.11. The third-order valence-corrected chi connectivity index (χ3v) is 4.61. The van der Waals surface area contributed by atoms with E-state index in [2.05, 4.69) is 35.3 Å². The topological polar surface area (TPSA) is 32.9 Å². The molecule has 4 aromatic rings. The Morgan fingerprint density at radius 2 is 1.44 bits per heavy atom. The Bertz CT molecular complexity index is 953. The second kappa shape index (κ2) is 6.78. The normalized spacial score (nSPS) is 12.2. The highest BCUT2D eigenvalue weighted by Gasteiger charge is 2.20. The Morgan fingerprint density at radius 3 is 2.16 bits per heavy atom. The molecule has 0 fully saturated rings. The summed E-state index contributed by atoms with van der Waals surface area (Å²) in [5.74, 6) is 0.175. The van der Waals surface area contributed by atoms with Crippen LogP contribution in [0.15, 0.2) is 91.0 Å². The van der Waals surface area contributed by atoms with Gasteiger partial charge >= 0.3 is 0 Å². The van der Waals surface area contributed by atoms with Crippen molar-refractivity contribution in [2.75, 3.05) is 0 Å². The van der Waals surface area contributed by atoms with Gasteiger partial charge in [0.25, 0.3) is 0 Å². The SMILES string of the molecule is O=C(CC(c1ccccc1)c1cc2ccccc2[nH]1)c1ccccc1. The monoisotopic (exact) mass is 325 g/mol. The smallest absolute Gasteiger partial charge is 0.163 e. The highest BCUT2D eigenvalue weighted by atomic mass is 16.1. The minimum absolute atomic E-state index is 0.0151. The molecule has 0 radical (unpaired) electrons. The van der Waals surface area contributed by atoms with E-state index in [0.717, 1.165) is 22.3 Å². The van der Waals surface area contributed by atoms with E-state index in [9.17, 15) is 4.79 Å². The molecule has 25 heavy (non-hydrogen) atoms. The first-order chi connectivity index (χ1) is 12.3. The fraction of sp³-hybridized carbons (Fsp3) is 0.0870. The maximum atomic E-state index is 12.8. The number of aromatic nitrogens is 1. The molecule has 0 amide bonds. The number of Topliss-reactive ketones (excluding diaryl/α,β-unsaturated/α-hetero) is 1. The van der Waals surface area contributed by atoms with Gasteiger partial charge < -0.3 is 4.98 Å². The van der Waals surface area contributed by atoms with Gasteiger partial charge in [0.1, 0.15) is 0 Å². The molecule has 1 unspecified atom stereocenters. The maximum absolute atomic E-state index is 12.8. The van der Waals surface area contributed by atoms with Gasteiger partial charge in [-0.2, -0.15) is 0 Å². The van der Waals surface area contributed by atoms with Crippen molar-refractivity contribution in [3.05, 3.63) is 108 Å². The predicted molar refractivity (Wildman–Crippen MR) is 102 cm³/mol. The minimum Gasteiger partial charge on any atom is -0.358 e. The number of hydrogen-bond donors (Lipinski definition) is 1. The van der Waals surface area contributed by atoms with Crippen LogP contribution in [0.4, 0.5) is 0 Å². The lowest BCUT2D eigenvalue weighted by Gasteiger charge is -2.16. The molecule has 1 atom stereocenters. The molecule has 0 aliphatic rings. The summed E-state index contributed by atoms with van der Waals surface area (Å²) in [7, 11) is 0. The third-order valence-electron chi connectivity index (χ3n) is 4.61. The Kier molecular flexibility index (Phi) is 4.17. The Hall–Kier alpha value is -3.13. The van der Waals surface area contributed by atoms with Gasteiger partial charge in [-0.3, -0.25) is 4.79 Å². The van der Waals surface area contributed by atoms with E-state index >= 15 is 0 Å². The van der Waals surface area contributed by atoms with E-state index in [1.807, 2.05) is 60.7 Å². The van der Waals surface area contributed by atoms with Gasteiger partial charge in [-0.1, -0.05) is 78.9 Å². The van der Waals surface area contributed by atoms with Gasteiger partial charge in [-0.25, -0.2) is 0 Å². The first kappa shape index (κ1) is 15.4. The number of hydrogen-bond acceptors (Lipinski definition) is 1. The molecule has 2 heteroatoms. The third kappa shape index (κ3) is 3.24. The van der Waals surface area contributed by atoms with Crippen LogP contribution in [0.2, 0.25) is 0 Å². The molecule has 1 N–H and O–H groups in total. The molecule has 1 aromatic heterocycles. The molecule has 3 aromatic carbocycles. The number of fused-ring (bicyclic) bond motifs is 1. The molecule has 1 heterocycles. The van der Waals surface area contributed by atoms with Crippen LogP contribution < -0.4 is 0 Å². The van der Waals surface area contributed by atoms with Gasteiger partial charge in [-0.15, -0.1) is 0 Å². The molecule has 0 saturated carbocycles. The van der Waals surface area contributed by atoms with Crippen molar-refractivity contribution in [2.24, 2.45) is 0 Å². The van der Waals surface area contributed by atoms with Crippen molar-refractivity contribution in [1.82, 2.24) is 4.98 Å². The van der Waals surface area contributed by atoms with E-state index in [1.54, 1.807) is 0 Å². The van der Waals surface area contributed by atoms with E-state index in [0.29, 0.717) is 6.42 Å². The van der Waals surface area contributed by atoms with Gasteiger partial charge in [-0.05, 0) is 23.1 Å². The summed E-state index contributed by atoms with van der Waals surface area (Å²) >= 11 is 0. The Morgan fingerprint density at radius 1 is 0.800 bits per heavy atom. The summed E-state index contributed by atoms with van der Waals surface area (Å²) in [6, 6.07) is 30.1. The number of aromatic amines is 1. The predicted octanol–water partition coefficient (Wildman–Crippen LogP) is 5.57. The number of rotatable bonds is 5. The summed E-state index contributed by atoms with van der Waals surface area (Å²) in [5.41, 5.74) is 4.10. The van der Waals surface area contributed by atoms with Crippen molar-refractivity contribution in [1.29, 1.82) is 0 Å². The average molecular weight is 325 g/mol. The van der Waals surface area contributed by atoms with Crippen molar-refractivity contribution in [2.45, 2.75) is 12.3 Å². The molecular formula is C23H19NO. The molecular weight excluding hydrogens is 306 g/mol. The van der Waals surface area contributed by atoms with Gasteiger partial charge in [0.2, 0.25) is 0 Å². The van der Waals surface area contributed by atoms with Crippen LogP contribution in [0.25, 0.3) is 10.9 Å². The van der Waals surface area contributed by atoms with Crippen molar-refractivity contribution in [3.8, 4) is 0 Å². The largest absolute Gasteiger partial charge is 0.358 e. The number of carbonyl (C=O) groups is 1. The standard InChI is InChI=1S/C23H19NO/c25-23(18-11-5-2-6-12-18)16-20(17-9-3-1-4-10-17)22-15-19-13-7-8-14-21(19)24-22/h1-15,20,24H,16H2. The number of nitrogens with one attached hydrogen (secondary N) is 1. The Labute approximate surface area is 147 Å². The molecule has 4 rings (SSSR count). The second-order valence-corrected chi connectivity index (χ2v) is 6.27. The zero-order valence-electron chi connectivity index (χ0n) is 13.9. The lowest BCUT2D eigenvalue weighted by molar-refractivity contribution is 0.0977. The highest BCUT2D eigenvalue weighted by molar-refractivity contribution is 5.97. The van der Waals surface area contributed by atoms with Crippen molar-refractivity contribution < 1.29 is 4.79 Å². The fourth-order valence-corrected chi connectivity index (χ4v) is 3.30. The minimum atomic E-state index is 0.0151. The van der Waals surface area contributed by atoms with Crippen LogP contribution in [-0.4, -0.2) is 10.8 Å². The number of para-hydroxylation sites is 1. The van der Waals surface area contributed by atoms with Gasteiger partial charge in [0.05, 0.1) is 0 Å². The highest BCUT2D eigenvalue weighted by Crippen LogP contribution is 2.31. The number of ketones is 1. The first-order valence-electron chi connectivity index (χ1n) is 8.52. The second-order valence-electron chi connectivity index (χ2n) is 6.27. The molecule has 2 nitrogen and oxygen atoms in total. The van der Waals surface area contributed by atoms with Crippen LogP contribution in [0.3, 0.4) is 0 Å². The van der Waals surface area contributed by atoms with Crippen molar-refractivity contribution in [3.63, 3.8) is 0 Å². The number of carbonyl (C=O) groups excluding carboxylic acids is 1. The summed E-state index contributed by atoms with van der Waals surface area (Å²) in [5, 5.41) is 1.17. The van der Waals surface area contributed by atoms with Gasteiger partial charge in [0, 0.05) is 29.1 Å². The maximum Gasteiger partial charge on any atom is 0.163 e.